The second kappa shape index (κ2) is 5.52. The molecule has 0 radical (unpaired) electrons. The van der Waals surface area contributed by atoms with Gasteiger partial charge in [-0.05, 0) is 30.3 Å². The van der Waals surface area contributed by atoms with Crippen molar-refractivity contribution in [1.29, 1.82) is 0 Å². The van der Waals surface area contributed by atoms with Crippen LogP contribution in [-0.2, 0) is 0 Å². The number of benzene rings is 1. The summed E-state index contributed by atoms with van der Waals surface area (Å²) in [5.74, 6) is 1.64. The molecule has 0 amide bonds. The van der Waals surface area contributed by atoms with Crippen molar-refractivity contribution in [3.63, 3.8) is 0 Å². The highest BCUT2D eigenvalue weighted by Crippen LogP contribution is 2.31. The topological polar surface area (TPSA) is 61.1 Å². The number of hydrogen-bond acceptors (Lipinski definition) is 5. The van der Waals surface area contributed by atoms with Crippen molar-refractivity contribution in [1.82, 2.24) is 9.88 Å². The van der Waals surface area contributed by atoms with E-state index in [0.29, 0.717) is 23.0 Å². The van der Waals surface area contributed by atoms with Gasteiger partial charge in [0.1, 0.15) is 17.4 Å². The van der Waals surface area contributed by atoms with Crippen molar-refractivity contribution >= 4 is 34.7 Å². The van der Waals surface area contributed by atoms with E-state index < -0.39 is 0 Å². The van der Waals surface area contributed by atoms with Crippen LogP contribution < -0.4 is 0 Å². The number of nitrogens with zero attached hydrogens (tertiary/aromatic N) is 4. The molecule has 2 aliphatic rings. The lowest BCUT2D eigenvalue weighted by Gasteiger charge is -2.26. The maximum Gasteiger partial charge on any atom is 0.138 e. The molecule has 6 heteroatoms. The highest BCUT2D eigenvalue weighted by atomic mass is 35.5. The Labute approximate surface area is 138 Å². The summed E-state index contributed by atoms with van der Waals surface area (Å²) in [4.78, 5) is 15.2. The van der Waals surface area contributed by atoms with Crippen molar-refractivity contribution in [3.05, 3.63) is 65.0 Å². The van der Waals surface area contributed by atoms with E-state index in [1.54, 1.807) is 36.7 Å². The molecule has 0 spiro atoms. The molecule has 0 bridgehead atoms. The number of aliphatic hydroxyl groups excluding tert-OH is 1. The molecule has 1 aromatic heterocycles. The summed E-state index contributed by atoms with van der Waals surface area (Å²) < 4.78 is 0. The Morgan fingerprint density at radius 2 is 2.22 bits per heavy atom. The van der Waals surface area contributed by atoms with Gasteiger partial charge in [0.2, 0.25) is 0 Å². The molecule has 2 aromatic rings. The number of aliphatic imine (C=N–C) groups is 2. The zero-order valence-corrected chi connectivity index (χ0v) is 12.9. The van der Waals surface area contributed by atoms with Crippen LogP contribution in [0.3, 0.4) is 0 Å². The van der Waals surface area contributed by atoms with Gasteiger partial charge < -0.3 is 10.0 Å². The lowest BCUT2D eigenvalue weighted by atomic mass is 10.1. The number of aliphatic hydroxyl groups is 1. The molecule has 0 atom stereocenters. The first-order valence-electron chi connectivity index (χ1n) is 7.24. The Kier molecular flexibility index (Phi) is 3.35. The van der Waals surface area contributed by atoms with Crippen LogP contribution in [0.2, 0.25) is 5.02 Å². The van der Waals surface area contributed by atoms with Gasteiger partial charge >= 0.3 is 0 Å². The van der Waals surface area contributed by atoms with Gasteiger partial charge in [-0.25, -0.2) is 4.99 Å². The Balaban J connectivity index is 1.80. The minimum Gasteiger partial charge on any atom is -0.507 e. The first-order chi connectivity index (χ1) is 11.2. The summed E-state index contributed by atoms with van der Waals surface area (Å²) in [5.41, 5.74) is 2.37. The Bertz CT molecular complexity index is 858. The molecule has 0 fully saturated rings. The third-order valence-electron chi connectivity index (χ3n) is 3.78. The zero-order chi connectivity index (χ0) is 15.8. The smallest absolute Gasteiger partial charge is 0.138 e. The lowest BCUT2D eigenvalue weighted by molar-refractivity contribution is 0.511. The van der Waals surface area contributed by atoms with Gasteiger partial charge in [-0.2, -0.15) is 0 Å². The number of pyridine rings is 1. The molecule has 23 heavy (non-hydrogen) atoms. The molecule has 0 saturated carbocycles. The summed E-state index contributed by atoms with van der Waals surface area (Å²) in [6.45, 7) is 1.43. The number of amidine groups is 2. The van der Waals surface area contributed by atoms with Crippen LogP contribution in [0.15, 0.2) is 58.8 Å². The third-order valence-corrected chi connectivity index (χ3v) is 4.01. The van der Waals surface area contributed by atoms with E-state index in [1.165, 1.54) is 0 Å². The van der Waals surface area contributed by atoms with Gasteiger partial charge in [0, 0.05) is 41.2 Å². The molecule has 3 heterocycles. The van der Waals surface area contributed by atoms with Crippen molar-refractivity contribution in [3.8, 4) is 0 Å². The molecule has 4 rings (SSSR count). The normalized spacial score (nSPS) is 16.6. The van der Waals surface area contributed by atoms with Gasteiger partial charge in [0.25, 0.3) is 0 Å². The van der Waals surface area contributed by atoms with E-state index in [4.69, 9.17) is 11.6 Å². The highest BCUT2D eigenvalue weighted by molar-refractivity contribution is 6.31. The number of aromatic nitrogens is 1. The fourth-order valence-electron chi connectivity index (χ4n) is 2.70. The van der Waals surface area contributed by atoms with Gasteiger partial charge in [-0.3, -0.25) is 9.98 Å². The molecule has 0 unspecified atom stereocenters. The average Bonchev–Trinajstić information content (AvgIpc) is 3.06. The second-order valence-electron chi connectivity index (χ2n) is 5.26. The minimum atomic E-state index is 0.125. The molecule has 5 nitrogen and oxygen atoms in total. The molecule has 2 aliphatic heterocycles. The van der Waals surface area contributed by atoms with Crippen molar-refractivity contribution in [2.45, 2.75) is 0 Å². The van der Waals surface area contributed by atoms with Crippen LogP contribution in [0.5, 0.6) is 0 Å². The largest absolute Gasteiger partial charge is 0.507 e. The molecule has 1 aromatic carbocycles. The summed E-state index contributed by atoms with van der Waals surface area (Å²) >= 11 is 6.09. The van der Waals surface area contributed by atoms with Crippen molar-refractivity contribution in [2.24, 2.45) is 9.98 Å². The first-order valence-corrected chi connectivity index (χ1v) is 7.62. The standard InChI is InChI=1S/C17H13ClN4O/c18-12-3-4-14-13(8-12)17-20-6-7-22(17)16(21-14)9-15(23)11-2-1-5-19-10-11/h1-5,8-10,23H,6-7H2/b15-9-. The van der Waals surface area contributed by atoms with Crippen LogP contribution >= 0.6 is 11.6 Å². The molecular formula is C17H13ClN4O. The lowest BCUT2D eigenvalue weighted by Crippen LogP contribution is -2.36. The van der Waals surface area contributed by atoms with Gasteiger partial charge in [0.15, 0.2) is 0 Å². The summed E-state index contributed by atoms with van der Waals surface area (Å²) in [5, 5.41) is 11.0. The number of fused-ring (bicyclic) bond motifs is 3. The van der Waals surface area contributed by atoms with Crippen molar-refractivity contribution in [2.75, 3.05) is 13.1 Å². The van der Waals surface area contributed by atoms with E-state index in [-0.39, 0.29) is 5.76 Å². The molecule has 114 valence electrons. The molecule has 1 N–H and O–H groups in total. The van der Waals surface area contributed by atoms with Gasteiger partial charge in [-0.15, -0.1) is 0 Å². The Hall–Kier alpha value is -2.66. The number of rotatable bonds is 2. The van der Waals surface area contributed by atoms with Crippen molar-refractivity contribution < 1.29 is 5.11 Å². The fourth-order valence-corrected chi connectivity index (χ4v) is 2.87. The molecule has 0 saturated heterocycles. The average molecular weight is 325 g/mol. The monoisotopic (exact) mass is 324 g/mol. The van der Waals surface area contributed by atoms with E-state index >= 15 is 0 Å². The highest BCUT2D eigenvalue weighted by Gasteiger charge is 2.28. The second-order valence-corrected chi connectivity index (χ2v) is 5.70. The quantitative estimate of drug-likeness (QED) is 0.861. The predicted octanol–water partition coefficient (Wildman–Crippen LogP) is 3.44. The van der Waals surface area contributed by atoms with Crippen LogP contribution in [0, 0.1) is 0 Å². The maximum atomic E-state index is 10.3. The van der Waals surface area contributed by atoms with Gasteiger partial charge in [-0.1, -0.05) is 11.6 Å². The first kappa shape index (κ1) is 14.0. The summed E-state index contributed by atoms with van der Waals surface area (Å²) in [6, 6.07) is 9.12. The minimum absolute atomic E-state index is 0.125. The van der Waals surface area contributed by atoms with Gasteiger partial charge in [0.05, 0.1) is 12.2 Å². The third kappa shape index (κ3) is 2.49. The summed E-state index contributed by atoms with van der Waals surface area (Å²) in [7, 11) is 0. The van der Waals surface area contributed by atoms with E-state index in [1.807, 2.05) is 17.0 Å². The number of hydrogen-bond donors (Lipinski definition) is 1. The van der Waals surface area contributed by atoms with E-state index in [0.717, 1.165) is 23.6 Å². The Morgan fingerprint density at radius 1 is 1.30 bits per heavy atom. The molecule has 0 aliphatic carbocycles. The van der Waals surface area contributed by atoms with E-state index in [9.17, 15) is 5.11 Å². The van der Waals surface area contributed by atoms with Crippen LogP contribution in [0.25, 0.3) is 5.76 Å². The maximum absolute atomic E-state index is 10.3. The Morgan fingerprint density at radius 3 is 3.04 bits per heavy atom. The van der Waals surface area contributed by atoms with E-state index in [2.05, 4.69) is 15.0 Å². The van der Waals surface area contributed by atoms with Crippen LogP contribution in [0.1, 0.15) is 11.1 Å². The predicted molar refractivity (Wildman–Crippen MR) is 91.5 cm³/mol. The van der Waals surface area contributed by atoms with Crippen LogP contribution in [0.4, 0.5) is 5.69 Å². The summed E-state index contributed by atoms with van der Waals surface area (Å²) in [6.07, 6.45) is 4.93. The zero-order valence-electron chi connectivity index (χ0n) is 12.1. The fraction of sp³-hybridized carbons (Fsp3) is 0.118. The number of halogens is 1. The molecular weight excluding hydrogens is 312 g/mol. The SMILES string of the molecule is O/C(=C\C1=Nc2ccc(Cl)cc2C2=NCCN12)c1cccnc1. The van der Waals surface area contributed by atoms with Crippen LogP contribution in [-0.4, -0.2) is 39.8 Å².